The zero-order valence-electron chi connectivity index (χ0n) is 21.2. The number of benzene rings is 4. The minimum absolute atomic E-state index is 0.00551. The molecule has 0 saturated heterocycles. The minimum Gasteiger partial charge on any atom is -0.478 e. The number of fused-ring (bicyclic) bond motifs is 1. The number of non-ortho nitro benzene ring substituents is 1. The third kappa shape index (κ3) is 5.48. The van der Waals surface area contributed by atoms with E-state index in [0.717, 1.165) is 27.6 Å². The van der Waals surface area contributed by atoms with E-state index in [-0.39, 0.29) is 23.2 Å². The summed E-state index contributed by atoms with van der Waals surface area (Å²) < 4.78 is 2.44. The smallest absolute Gasteiger partial charge is 0.336 e. The van der Waals surface area contributed by atoms with E-state index in [1.54, 1.807) is 42.5 Å². The van der Waals surface area contributed by atoms with Crippen LogP contribution in [0.3, 0.4) is 0 Å². The molecule has 0 fully saturated rings. The fraction of sp³-hybridized carbons (Fsp3) is 0.100. The number of aromatic carboxylic acids is 1. The number of carbonyl (C=O) groups is 2. The van der Waals surface area contributed by atoms with Crippen LogP contribution in [0.1, 0.15) is 44.8 Å². The lowest BCUT2D eigenvalue weighted by atomic mass is 9.99. The molecule has 200 valence electrons. The SMILES string of the molecule is C[C@H](NC(=O)c1ccc2c(c1)c(Br)nn2Cc1ccc(-c2ccccc2C(=O)O)cc1)c1ccc([N+](=O)[O-])cc1. The van der Waals surface area contributed by atoms with E-state index in [9.17, 15) is 24.8 Å². The Morgan fingerprint density at radius 2 is 1.73 bits per heavy atom. The topological polar surface area (TPSA) is 127 Å². The number of nitrogens with one attached hydrogen (secondary N) is 1. The molecule has 1 amide bonds. The van der Waals surface area contributed by atoms with Crippen molar-refractivity contribution in [3.8, 4) is 11.1 Å². The first-order valence-corrected chi connectivity index (χ1v) is 13.1. The van der Waals surface area contributed by atoms with Gasteiger partial charge in [0.2, 0.25) is 0 Å². The molecule has 5 aromatic rings. The molecule has 40 heavy (non-hydrogen) atoms. The lowest BCUT2D eigenvalue weighted by Gasteiger charge is -2.14. The summed E-state index contributed by atoms with van der Waals surface area (Å²) in [5.74, 6) is -1.24. The van der Waals surface area contributed by atoms with Crippen LogP contribution in [0.2, 0.25) is 0 Å². The summed E-state index contributed by atoms with van der Waals surface area (Å²) in [5, 5.41) is 28.7. The molecule has 2 N–H and O–H groups in total. The summed E-state index contributed by atoms with van der Waals surface area (Å²) in [6.45, 7) is 2.29. The summed E-state index contributed by atoms with van der Waals surface area (Å²) in [6.07, 6.45) is 0. The monoisotopic (exact) mass is 598 g/mol. The molecule has 1 aromatic heterocycles. The van der Waals surface area contributed by atoms with Gasteiger partial charge in [0, 0.05) is 23.1 Å². The number of nitrogens with zero attached hydrogens (tertiary/aromatic N) is 3. The van der Waals surface area contributed by atoms with Gasteiger partial charge in [-0.1, -0.05) is 54.6 Å². The van der Waals surface area contributed by atoms with Gasteiger partial charge < -0.3 is 10.4 Å². The molecule has 1 heterocycles. The number of aromatic nitrogens is 2. The van der Waals surface area contributed by atoms with Crippen molar-refractivity contribution in [1.82, 2.24) is 15.1 Å². The molecule has 0 aliphatic heterocycles. The Hall–Kier alpha value is -4.83. The molecular formula is C30H23BrN4O5. The van der Waals surface area contributed by atoms with Crippen molar-refractivity contribution in [3.05, 3.63) is 128 Å². The van der Waals surface area contributed by atoms with Gasteiger partial charge >= 0.3 is 5.97 Å². The summed E-state index contributed by atoms with van der Waals surface area (Å²) in [5.41, 5.74) is 4.75. The second kappa shape index (κ2) is 11.1. The van der Waals surface area contributed by atoms with E-state index in [4.69, 9.17) is 0 Å². The molecule has 9 nitrogen and oxygen atoms in total. The van der Waals surface area contributed by atoms with Crippen LogP contribution in [-0.2, 0) is 6.54 Å². The van der Waals surface area contributed by atoms with Crippen molar-refractivity contribution in [3.63, 3.8) is 0 Å². The van der Waals surface area contributed by atoms with Crippen LogP contribution in [0.25, 0.3) is 22.0 Å². The maximum Gasteiger partial charge on any atom is 0.336 e. The van der Waals surface area contributed by atoms with Crippen molar-refractivity contribution in [2.24, 2.45) is 0 Å². The van der Waals surface area contributed by atoms with Gasteiger partial charge in [-0.15, -0.1) is 0 Å². The number of nitro groups is 1. The molecule has 4 aromatic carbocycles. The number of carboxylic acid groups (broad SMARTS) is 1. The Bertz CT molecular complexity index is 1750. The molecule has 0 spiro atoms. The predicted molar refractivity (Wildman–Crippen MR) is 154 cm³/mol. The first kappa shape index (κ1) is 26.8. The van der Waals surface area contributed by atoms with Crippen LogP contribution in [0.5, 0.6) is 0 Å². The predicted octanol–water partition coefficient (Wildman–Crippen LogP) is 6.61. The number of carboxylic acids is 1. The Balaban J connectivity index is 1.32. The van der Waals surface area contributed by atoms with Gasteiger partial charge in [-0.3, -0.25) is 19.6 Å². The van der Waals surface area contributed by atoms with Crippen molar-refractivity contribution >= 4 is 44.4 Å². The third-order valence-corrected chi connectivity index (χ3v) is 7.26. The largest absolute Gasteiger partial charge is 0.478 e. The lowest BCUT2D eigenvalue weighted by Crippen LogP contribution is -2.26. The van der Waals surface area contributed by atoms with Gasteiger partial charge in [-0.25, -0.2) is 4.79 Å². The highest BCUT2D eigenvalue weighted by atomic mass is 79.9. The van der Waals surface area contributed by atoms with Crippen LogP contribution in [-0.4, -0.2) is 31.7 Å². The fourth-order valence-electron chi connectivity index (χ4n) is 4.53. The second-order valence-corrected chi connectivity index (χ2v) is 10.0. The highest BCUT2D eigenvalue weighted by Gasteiger charge is 2.17. The van der Waals surface area contributed by atoms with E-state index in [1.807, 2.05) is 48.0 Å². The first-order chi connectivity index (χ1) is 19.2. The van der Waals surface area contributed by atoms with Gasteiger partial charge in [0.05, 0.1) is 28.6 Å². The van der Waals surface area contributed by atoms with E-state index in [2.05, 4.69) is 26.3 Å². The number of hydrogen-bond donors (Lipinski definition) is 2. The van der Waals surface area contributed by atoms with Crippen LogP contribution in [0.15, 0.2) is 95.6 Å². The van der Waals surface area contributed by atoms with Gasteiger partial charge in [-0.05, 0) is 69.4 Å². The molecule has 0 saturated carbocycles. The summed E-state index contributed by atoms with van der Waals surface area (Å²) in [4.78, 5) is 35.0. The molecule has 5 rings (SSSR count). The number of amides is 1. The standard InChI is InChI=1S/C30H23BrN4O5/c1-18(20-10-13-23(14-11-20)35(39)40)32-29(36)22-12-15-27-26(16-22)28(31)33-34(27)17-19-6-8-21(9-7-19)24-4-2-3-5-25(24)30(37)38/h2-16,18H,17H2,1H3,(H,32,36)(H,37,38)/t18-/m0/s1. The quantitative estimate of drug-likeness (QED) is 0.153. The number of halogens is 1. The average molecular weight is 599 g/mol. The number of rotatable bonds is 8. The van der Waals surface area contributed by atoms with Crippen molar-refractivity contribution < 1.29 is 19.6 Å². The van der Waals surface area contributed by atoms with Gasteiger partial charge in [0.15, 0.2) is 0 Å². The van der Waals surface area contributed by atoms with Crippen molar-refractivity contribution in [1.29, 1.82) is 0 Å². The number of carbonyl (C=O) groups excluding carboxylic acids is 1. The van der Waals surface area contributed by atoms with Crippen LogP contribution in [0.4, 0.5) is 5.69 Å². The Morgan fingerprint density at radius 3 is 2.40 bits per heavy atom. The summed E-state index contributed by atoms with van der Waals surface area (Å²) in [7, 11) is 0. The molecule has 0 unspecified atom stereocenters. The molecule has 0 radical (unpaired) electrons. The van der Waals surface area contributed by atoms with E-state index in [1.165, 1.54) is 12.1 Å². The zero-order chi connectivity index (χ0) is 28.4. The second-order valence-electron chi connectivity index (χ2n) is 9.27. The third-order valence-electron chi connectivity index (χ3n) is 6.67. The fourth-order valence-corrected chi connectivity index (χ4v) is 5.04. The van der Waals surface area contributed by atoms with E-state index < -0.39 is 10.9 Å². The molecule has 10 heteroatoms. The highest BCUT2D eigenvalue weighted by molar-refractivity contribution is 9.10. The summed E-state index contributed by atoms with van der Waals surface area (Å²) in [6, 6.07) is 25.7. The van der Waals surface area contributed by atoms with Gasteiger partial charge in [-0.2, -0.15) is 5.10 Å². The number of nitro benzene ring substituents is 1. The normalized spacial score (nSPS) is 11.8. The van der Waals surface area contributed by atoms with E-state index in [0.29, 0.717) is 22.3 Å². The van der Waals surface area contributed by atoms with E-state index >= 15 is 0 Å². The maximum atomic E-state index is 13.0. The first-order valence-electron chi connectivity index (χ1n) is 12.3. The van der Waals surface area contributed by atoms with Gasteiger partial charge in [0.1, 0.15) is 4.60 Å². The zero-order valence-corrected chi connectivity index (χ0v) is 22.8. The van der Waals surface area contributed by atoms with Crippen molar-refractivity contribution in [2.45, 2.75) is 19.5 Å². The van der Waals surface area contributed by atoms with Crippen molar-refractivity contribution in [2.75, 3.05) is 0 Å². The molecule has 1 atom stereocenters. The molecular weight excluding hydrogens is 576 g/mol. The Kier molecular flexibility index (Phi) is 7.43. The maximum absolute atomic E-state index is 13.0. The Morgan fingerprint density at radius 1 is 1.02 bits per heavy atom. The van der Waals surface area contributed by atoms with Gasteiger partial charge in [0.25, 0.3) is 11.6 Å². The minimum atomic E-state index is -0.971. The molecule has 0 aliphatic carbocycles. The number of hydrogen-bond acceptors (Lipinski definition) is 5. The molecule has 0 bridgehead atoms. The average Bonchev–Trinajstić information content (AvgIpc) is 3.27. The highest BCUT2D eigenvalue weighted by Crippen LogP contribution is 2.28. The molecule has 0 aliphatic rings. The lowest BCUT2D eigenvalue weighted by molar-refractivity contribution is -0.384. The van der Waals surface area contributed by atoms with Crippen LogP contribution in [0, 0.1) is 10.1 Å². The Labute approximate surface area is 237 Å². The van der Waals surface area contributed by atoms with Crippen LogP contribution < -0.4 is 5.32 Å². The van der Waals surface area contributed by atoms with Crippen LogP contribution >= 0.6 is 15.9 Å². The summed E-state index contributed by atoms with van der Waals surface area (Å²) >= 11 is 3.51.